The Hall–Kier alpha value is -1.91. The summed E-state index contributed by atoms with van der Waals surface area (Å²) in [5.41, 5.74) is -0.269. The smallest absolute Gasteiger partial charge is 0.269 e. The van der Waals surface area contributed by atoms with Crippen molar-refractivity contribution in [3.8, 4) is 0 Å². The first-order chi connectivity index (χ1) is 6.89. The van der Waals surface area contributed by atoms with Gasteiger partial charge in [-0.3, -0.25) is 14.9 Å². The van der Waals surface area contributed by atoms with Crippen molar-refractivity contribution in [2.24, 2.45) is 5.41 Å². The fourth-order valence-electron chi connectivity index (χ4n) is 1.20. The van der Waals surface area contributed by atoms with E-state index in [4.69, 9.17) is 0 Å². The lowest BCUT2D eigenvalue weighted by Gasteiger charge is -2.15. The van der Waals surface area contributed by atoms with Crippen LogP contribution in [0.1, 0.15) is 13.8 Å². The Balaban J connectivity index is 3.06. The molecule has 1 aliphatic heterocycles. The van der Waals surface area contributed by atoms with Crippen molar-refractivity contribution < 1.29 is 9.72 Å². The molecule has 0 saturated carbocycles. The minimum absolute atomic E-state index is 0.120. The van der Waals surface area contributed by atoms with Crippen LogP contribution in [0.3, 0.4) is 0 Å². The molecule has 0 fully saturated rings. The lowest BCUT2D eigenvalue weighted by molar-refractivity contribution is -0.419. The maximum Gasteiger partial charge on any atom is 0.269 e. The van der Waals surface area contributed by atoms with Gasteiger partial charge in [0.25, 0.3) is 5.70 Å². The van der Waals surface area contributed by atoms with Gasteiger partial charge in [0, 0.05) is 18.4 Å². The van der Waals surface area contributed by atoms with Crippen LogP contribution in [0, 0.1) is 15.5 Å². The molecular weight excluding hydrogens is 196 g/mol. The molecule has 1 N–H and O–H groups in total. The molecule has 1 rings (SSSR count). The molecule has 5 nitrogen and oxygen atoms in total. The molecular formula is C10H12N2O3. The van der Waals surface area contributed by atoms with Crippen LogP contribution in [-0.4, -0.2) is 10.8 Å². The lowest BCUT2D eigenvalue weighted by Crippen LogP contribution is -2.27. The monoisotopic (exact) mass is 208 g/mol. The highest BCUT2D eigenvalue weighted by Gasteiger charge is 2.35. The molecule has 0 saturated heterocycles. The van der Waals surface area contributed by atoms with Gasteiger partial charge >= 0.3 is 0 Å². The molecule has 0 atom stereocenters. The van der Waals surface area contributed by atoms with Crippen molar-refractivity contribution >= 4 is 5.91 Å². The van der Waals surface area contributed by atoms with Crippen LogP contribution < -0.4 is 5.32 Å². The summed E-state index contributed by atoms with van der Waals surface area (Å²) in [6.45, 7) is 6.76. The van der Waals surface area contributed by atoms with Crippen LogP contribution in [0.15, 0.2) is 36.2 Å². The summed E-state index contributed by atoms with van der Waals surface area (Å²) in [5.74, 6) is -0.166. The van der Waals surface area contributed by atoms with Crippen LogP contribution in [0.2, 0.25) is 0 Å². The molecule has 0 radical (unpaired) electrons. The summed E-state index contributed by atoms with van der Waals surface area (Å²) in [7, 11) is 0. The van der Waals surface area contributed by atoms with Crippen LogP contribution in [0.5, 0.6) is 0 Å². The summed E-state index contributed by atoms with van der Waals surface area (Å²) in [6, 6.07) is 0. The zero-order valence-electron chi connectivity index (χ0n) is 8.61. The predicted molar refractivity (Wildman–Crippen MR) is 55.3 cm³/mol. The Kier molecular flexibility index (Phi) is 2.74. The standard InChI is InChI=1S/C10H12N2O3/c1-4-8(12(14)15)5-7-6-11-9(13)10(7,2)3/h4-6H,1H2,2-3H3,(H,11,13)/b8-5+. The number of amides is 1. The van der Waals surface area contributed by atoms with E-state index in [9.17, 15) is 14.9 Å². The molecule has 1 amide bonds. The molecule has 0 aromatic heterocycles. The van der Waals surface area contributed by atoms with Crippen LogP contribution in [0.25, 0.3) is 0 Å². The van der Waals surface area contributed by atoms with E-state index in [0.29, 0.717) is 5.57 Å². The quantitative estimate of drug-likeness (QED) is 0.432. The summed E-state index contributed by atoms with van der Waals surface area (Å²) < 4.78 is 0. The summed E-state index contributed by atoms with van der Waals surface area (Å²) >= 11 is 0. The molecule has 1 heterocycles. The lowest BCUT2D eigenvalue weighted by atomic mass is 9.85. The Bertz CT molecular complexity index is 391. The maximum atomic E-state index is 11.4. The first-order valence-corrected chi connectivity index (χ1v) is 4.39. The third-order valence-electron chi connectivity index (χ3n) is 2.37. The van der Waals surface area contributed by atoms with Gasteiger partial charge in [0.15, 0.2) is 0 Å². The van der Waals surface area contributed by atoms with Crippen molar-refractivity contribution in [3.05, 3.63) is 46.3 Å². The Morgan fingerprint density at radius 3 is 2.60 bits per heavy atom. The zero-order valence-corrected chi connectivity index (χ0v) is 8.61. The van der Waals surface area contributed by atoms with Gasteiger partial charge in [-0.1, -0.05) is 6.58 Å². The van der Waals surface area contributed by atoms with E-state index in [1.54, 1.807) is 13.8 Å². The van der Waals surface area contributed by atoms with Crippen molar-refractivity contribution in [3.63, 3.8) is 0 Å². The summed E-state index contributed by atoms with van der Waals surface area (Å²) in [5, 5.41) is 13.1. The SMILES string of the molecule is C=C/C(=C\C1=CNC(=O)C1(C)C)[N+](=O)[O-]. The Labute approximate surface area is 87.3 Å². The number of carbonyl (C=O) groups is 1. The van der Waals surface area contributed by atoms with E-state index in [1.165, 1.54) is 12.3 Å². The summed E-state index contributed by atoms with van der Waals surface area (Å²) in [6.07, 6.45) is 3.99. The van der Waals surface area contributed by atoms with Crippen LogP contribution in [0.4, 0.5) is 0 Å². The third kappa shape index (κ3) is 1.96. The largest absolute Gasteiger partial charge is 0.332 e. The number of hydrogen-bond donors (Lipinski definition) is 1. The van der Waals surface area contributed by atoms with Gasteiger partial charge in [0.05, 0.1) is 10.3 Å². The van der Waals surface area contributed by atoms with Crippen LogP contribution in [-0.2, 0) is 4.79 Å². The van der Waals surface area contributed by atoms with E-state index < -0.39 is 10.3 Å². The molecule has 0 aromatic rings. The van der Waals surface area contributed by atoms with Gasteiger partial charge in [-0.25, -0.2) is 0 Å². The van der Waals surface area contributed by atoms with Crippen LogP contribution >= 0.6 is 0 Å². The fourth-order valence-corrected chi connectivity index (χ4v) is 1.20. The average Bonchev–Trinajstić information content (AvgIpc) is 2.39. The van der Waals surface area contributed by atoms with Gasteiger partial charge in [-0.2, -0.15) is 0 Å². The highest BCUT2D eigenvalue weighted by molar-refractivity contribution is 5.89. The Morgan fingerprint density at radius 1 is 1.67 bits per heavy atom. The number of carbonyl (C=O) groups excluding carboxylic acids is 1. The maximum absolute atomic E-state index is 11.4. The minimum Gasteiger partial charge on any atom is -0.332 e. The van der Waals surface area contributed by atoms with E-state index in [1.807, 2.05) is 0 Å². The van der Waals surface area contributed by atoms with E-state index >= 15 is 0 Å². The van der Waals surface area contributed by atoms with Crippen molar-refractivity contribution in [2.45, 2.75) is 13.8 Å². The summed E-state index contributed by atoms with van der Waals surface area (Å²) in [4.78, 5) is 21.4. The average molecular weight is 208 g/mol. The highest BCUT2D eigenvalue weighted by atomic mass is 16.6. The molecule has 0 aromatic carbocycles. The number of nitro groups is 1. The molecule has 1 aliphatic rings. The molecule has 80 valence electrons. The van der Waals surface area contributed by atoms with Gasteiger partial charge < -0.3 is 5.32 Å². The fraction of sp³-hybridized carbons (Fsp3) is 0.300. The van der Waals surface area contributed by atoms with E-state index in [0.717, 1.165) is 6.08 Å². The minimum atomic E-state index is -0.732. The molecule has 5 heteroatoms. The van der Waals surface area contributed by atoms with Gasteiger partial charge in [0.1, 0.15) is 0 Å². The molecule has 15 heavy (non-hydrogen) atoms. The zero-order chi connectivity index (χ0) is 11.6. The number of allylic oxidation sites excluding steroid dienone is 2. The number of hydrogen-bond acceptors (Lipinski definition) is 3. The number of nitrogens with one attached hydrogen (secondary N) is 1. The molecule has 0 unspecified atom stereocenters. The number of rotatable bonds is 3. The highest BCUT2D eigenvalue weighted by Crippen LogP contribution is 2.31. The predicted octanol–water partition coefficient (Wildman–Crippen LogP) is 1.37. The third-order valence-corrected chi connectivity index (χ3v) is 2.37. The second kappa shape index (κ2) is 3.68. The van der Waals surface area contributed by atoms with E-state index in [-0.39, 0.29) is 11.6 Å². The van der Waals surface area contributed by atoms with Gasteiger partial charge in [-0.05, 0) is 19.4 Å². The van der Waals surface area contributed by atoms with Crippen molar-refractivity contribution in [1.82, 2.24) is 5.32 Å². The normalized spacial score (nSPS) is 19.5. The first-order valence-electron chi connectivity index (χ1n) is 4.39. The van der Waals surface area contributed by atoms with Gasteiger partial charge in [0.2, 0.25) is 5.91 Å². The van der Waals surface area contributed by atoms with Gasteiger partial charge in [-0.15, -0.1) is 0 Å². The molecule has 0 bridgehead atoms. The molecule has 0 aliphatic carbocycles. The number of nitrogens with zero attached hydrogens (tertiary/aromatic N) is 1. The first kappa shape index (κ1) is 11.2. The topological polar surface area (TPSA) is 72.2 Å². The van der Waals surface area contributed by atoms with E-state index in [2.05, 4.69) is 11.9 Å². The Morgan fingerprint density at radius 2 is 2.27 bits per heavy atom. The van der Waals surface area contributed by atoms with Crippen molar-refractivity contribution in [2.75, 3.05) is 0 Å². The second-order valence-corrected chi connectivity index (χ2v) is 3.73. The second-order valence-electron chi connectivity index (χ2n) is 3.73. The molecule has 0 spiro atoms. The van der Waals surface area contributed by atoms with Crippen molar-refractivity contribution in [1.29, 1.82) is 0 Å².